The first-order valence-electron chi connectivity index (χ1n) is 9.65. The molecule has 0 saturated carbocycles. The zero-order valence-electron chi connectivity index (χ0n) is 17.0. The minimum absolute atomic E-state index is 0.0241. The molecule has 1 aromatic heterocycles. The van der Waals surface area contributed by atoms with Crippen LogP contribution < -0.4 is 5.32 Å². The molecule has 9 heteroatoms. The number of hydrogen-bond donors (Lipinski definition) is 1. The Hall–Kier alpha value is -3.40. The van der Waals surface area contributed by atoms with Crippen LogP contribution in [0.2, 0.25) is 0 Å². The Bertz CT molecular complexity index is 960. The summed E-state index contributed by atoms with van der Waals surface area (Å²) in [5.74, 6) is -0.0505. The van der Waals surface area contributed by atoms with Gasteiger partial charge in [-0.05, 0) is 25.6 Å². The van der Waals surface area contributed by atoms with Crippen molar-refractivity contribution in [2.24, 2.45) is 0 Å². The highest BCUT2D eigenvalue weighted by Gasteiger charge is 2.33. The molecule has 2 aromatic rings. The number of nitriles is 2. The highest BCUT2D eigenvalue weighted by atomic mass is 16.5. The largest absolute Gasteiger partial charge is 0.432 e. The molecule has 2 heterocycles. The molecular weight excluding hydrogens is 384 g/mol. The Morgan fingerprint density at radius 2 is 2.30 bits per heavy atom. The molecule has 3 rings (SSSR count). The molecule has 1 aromatic carbocycles. The minimum atomic E-state index is -0.422. The topological polar surface area (TPSA) is 118 Å². The van der Waals surface area contributed by atoms with Gasteiger partial charge in [0.1, 0.15) is 0 Å². The lowest BCUT2D eigenvalue weighted by Gasteiger charge is -2.24. The molecule has 1 amide bonds. The first kappa shape index (κ1) is 21.3. The van der Waals surface area contributed by atoms with Gasteiger partial charge >= 0.3 is 5.91 Å². The molecular formula is C21H24N6O3. The number of hydrogen-bond acceptors (Lipinski definition) is 8. The fourth-order valence-electron chi connectivity index (χ4n) is 3.52. The smallest absolute Gasteiger partial charge is 0.307 e. The number of benzene rings is 1. The SMILES string of the molecule is COCCN(C)C[C@@H]1C[C@@H](NC(=O)c2ncc(-c3cccc(C#N)c3)o2)CN1C#N. The maximum atomic E-state index is 12.6. The molecule has 0 spiro atoms. The van der Waals surface area contributed by atoms with Gasteiger partial charge in [0.15, 0.2) is 12.0 Å². The molecule has 1 N–H and O–H groups in total. The van der Waals surface area contributed by atoms with Crippen LogP contribution in [0, 0.1) is 22.8 Å². The number of ether oxygens (including phenoxy) is 1. The molecule has 0 unspecified atom stereocenters. The van der Waals surface area contributed by atoms with Gasteiger partial charge in [0.2, 0.25) is 0 Å². The van der Waals surface area contributed by atoms with E-state index in [-0.39, 0.29) is 18.0 Å². The first-order valence-corrected chi connectivity index (χ1v) is 9.65. The van der Waals surface area contributed by atoms with E-state index in [4.69, 9.17) is 14.4 Å². The van der Waals surface area contributed by atoms with Gasteiger partial charge in [0.25, 0.3) is 5.89 Å². The Balaban J connectivity index is 1.60. The number of amides is 1. The van der Waals surface area contributed by atoms with E-state index in [0.717, 1.165) is 6.54 Å². The lowest BCUT2D eigenvalue weighted by atomic mass is 10.1. The van der Waals surface area contributed by atoms with Crippen molar-refractivity contribution in [1.82, 2.24) is 20.1 Å². The number of likely N-dealkylation sites (N-methyl/N-ethyl adjacent to an activating group) is 1. The highest BCUT2D eigenvalue weighted by molar-refractivity contribution is 5.90. The number of oxazole rings is 1. The van der Waals surface area contributed by atoms with Crippen molar-refractivity contribution < 1.29 is 13.9 Å². The third kappa shape index (κ3) is 5.15. The molecule has 30 heavy (non-hydrogen) atoms. The summed E-state index contributed by atoms with van der Waals surface area (Å²) >= 11 is 0. The summed E-state index contributed by atoms with van der Waals surface area (Å²) in [6, 6.07) is 8.82. The maximum absolute atomic E-state index is 12.6. The Labute approximate surface area is 175 Å². The first-order chi connectivity index (χ1) is 14.5. The number of aromatic nitrogens is 1. The number of likely N-dealkylation sites (tertiary alicyclic amines) is 1. The van der Waals surface area contributed by atoms with Gasteiger partial charge in [-0.2, -0.15) is 10.5 Å². The summed E-state index contributed by atoms with van der Waals surface area (Å²) in [6.07, 6.45) is 4.34. The fourth-order valence-corrected chi connectivity index (χ4v) is 3.52. The number of methoxy groups -OCH3 is 1. The van der Waals surface area contributed by atoms with Crippen molar-refractivity contribution in [2.45, 2.75) is 18.5 Å². The summed E-state index contributed by atoms with van der Waals surface area (Å²) in [7, 11) is 3.64. The van der Waals surface area contributed by atoms with Crippen molar-refractivity contribution in [3.63, 3.8) is 0 Å². The third-order valence-electron chi connectivity index (χ3n) is 5.05. The van der Waals surface area contributed by atoms with E-state index in [1.807, 2.05) is 7.05 Å². The van der Waals surface area contributed by atoms with Crippen LogP contribution in [0.4, 0.5) is 0 Å². The average Bonchev–Trinajstić information content (AvgIpc) is 3.39. The Morgan fingerprint density at radius 3 is 3.03 bits per heavy atom. The van der Waals surface area contributed by atoms with Gasteiger partial charge in [-0.1, -0.05) is 12.1 Å². The van der Waals surface area contributed by atoms with Crippen molar-refractivity contribution in [2.75, 3.05) is 40.4 Å². The van der Waals surface area contributed by atoms with Gasteiger partial charge in [-0.3, -0.25) is 4.79 Å². The van der Waals surface area contributed by atoms with Gasteiger partial charge in [-0.15, -0.1) is 0 Å². The second kappa shape index (κ2) is 9.88. The normalized spacial score (nSPS) is 18.2. The van der Waals surface area contributed by atoms with Crippen LogP contribution in [0.3, 0.4) is 0 Å². The van der Waals surface area contributed by atoms with Gasteiger partial charge in [0, 0.05) is 38.3 Å². The quantitative estimate of drug-likeness (QED) is 0.652. The van der Waals surface area contributed by atoms with E-state index in [1.165, 1.54) is 6.20 Å². The fraction of sp³-hybridized carbons (Fsp3) is 0.429. The maximum Gasteiger partial charge on any atom is 0.307 e. The predicted octanol–water partition coefficient (Wildman–Crippen LogP) is 1.45. The zero-order valence-corrected chi connectivity index (χ0v) is 17.0. The number of nitrogens with zero attached hydrogens (tertiary/aromatic N) is 5. The van der Waals surface area contributed by atoms with E-state index < -0.39 is 5.91 Å². The molecule has 9 nitrogen and oxygen atoms in total. The molecule has 1 saturated heterocycles. The van der Waals surface area contributed by atoms with Crippen LogP contribution in [0.1, 0.15) is 22.7 Å². The van der Waals surface area contributed by atoms with Gasteiger partial charge in [0.05, 0.1) is 30.5 Å². The summed E-state index contributed by atoms with van der Waals surface area (Å²) in [5, 5.41) is 21.4. The average molecular weight is 408 g/mol. The summed E-state index contributed by atoms with van der Waals surface area (Å²) in [4.78, 5) is 20.5. The molecule has 2 atom stereocenters. The summed E-state index contributed by atoms with van der Waals surface area (Å²) < 4.78 is 10.7. The standard InChI is InChI=1S/C21H24N6O3/c1-26(6-7-29-2)13-18-9-17(12-27(18)14-23)25-20(28)21-24-11-19(30-21)16-5-3-4-15(8-16)10-22/h3-5,8,11,17-18H,6-7,9,12-13H2,1-2H3,(H,25,28)/t17-,18+/m1/s1. The van der Waals surface area contributed by atoms with Crippen LogP contribution in [0.5, 0.6) is 0 Å². The second-order valence-electron chi connectivity index (χ2n) is 7.29. The number of nitrogens with one attached hydrogen (secondary N) is 1. The van der Waals surface area contributed by atoms with Crippen LogP contribution >= 0.6 is 0 Å². The number of carbonyl (C=O) groups excluding carboxylic acids is 1. The summed E-state index contributed by atoms with van der Waals surface area (Å²) in [5.41, 5.74) is 1.18. The van der Waals surface area contributed by atoms with Crippen molar-refractivity contribution in [3.8, 4) is 23.6 Å². The lowest BCUT2D eigenvalue weighted by Crippen LogP contribution is -2.37. The molecule has 0 radical (unpaired) electrons. The van der Waals surface area contributed by atoms with Crippen LogP contribution in [-0.4, -0.2) is 73.2 Å². The van der Waals surface area contributed by atoms with Crippen molar-refractivity contribution in [3.05, 3.63) is 41.9 Å². The zero-order chi connectivity index (χ0) is 21.5. The van der Waals surface area contributed by atoms with E-state index >= 15 is 0 Å². The number of rotatable bonds is 8. The molecule has 156 valence electrons. The van der Waals surface area contributed by atoms with E-state index in [1.54, 1.807) is 36.3 Å². The lowest BCUT2D eigenvalue weighted by molar-refractivity contribution is 0.0904. The Kier molecular flexibility index (Phi) is 7.02. The highest BCUT2D eigenvalue weighted by Crippen LogP contribution is 2.22. The molecule has 1 aliphatic rings. The second-order valence-corrected chi connectivity index (χ2v) is 7.29. The summed E-state index contributed by atoms with van der Waals surface area (Å²) in [6.45, 7) is 2.56. The van der Waals surface area contributed by atoms with Gasteiger partial charge < -0.3 is 24.3 Å². The third-order valence-corrected chi connectivity index (χ3v) is 5.05. The van der Waals surface area contributed by atoms with Gasteiger partial charge in [-0.25, -0.2) is 4.98 Å². The molecule has 0 bridgehead atoms. The van der Waals surface area contributed by atoms with E-state index in [0.29, 0.717) is 43.0 Å². The van der Waals surface area contributed by atoms with Crippen molar-refractivity contribution in [1.29, 1.82) is 10.5 Å². The van der Waals surface area contributed by atoms with E-state index in [9.17, 15) is 10.1 Å². The molecule has 1 fully saturated rings. The van der Waals surface area contributed by atoms with Crippen molar-refractivity contribution >= 4 is 5.91 Å². The molecule has 0 aliphatic carbocycles. The van der Waals surface area contributed by atoms with Crippen LogP contribution in [0.25, 0.3) is 11.3 Å². The van der Waals surface area contributed by atoms with Crippen LogP contribution in [-0.2, 0) is 4.74 Å². The molecule has 1 aliphatic heterocycles. The monoisotopic (exact) mass is 408 g/mol. The minimum Gasteiger partial charge on any atom is -0.432 e. The predicted molar refractivity (Wildman–Crippen MR) is 108 cm³/mol. The van der Waals surface area contributed by atoms with Crippen LogP contribution in [0.15, 0.2) is 34.9 Å². The Morgan fingerprint density at radius 1 is 1.47 bits per heavy atom. The number of carbonyl (C=O) groups is 1. The van der Waals surface area contributed by atoms with E-state index in [2.05, 4.69) is 27.5 Å².